The van der Waals surface area contributed by atoms with Gasteiger partial charge in [-0.3, -0.25) is 4.90 Å². The minimum absolute atomic E-state index is 0.382. The first-order valence-corrected chi connectivity index (χ1v) is 6.09. The van der Waals surface area contributed by atoms with E-state index in [2.05, 4.69) is 33.1 Å². The monoisotopic (exact) mass is 250 g/mol. The zero-order chi connectivity index (χ0) is 9.52. The number of morpholine rings is 1. The summed E-state index contributed by atoms with van der Waals surface area (Å²) < 4.78 is 5.64. The molecule has 1 N–H and O–H groups in total. The Balaban J connectivity index is 2.11. The van der Waals surface area contributed by atoms with E-state index in [-0.39, 0.29) is 0 Å². The van der Waals surface area contributed by atoms with Crippen LogP contribution in [0.1, 0.15) is 6.92 Å². The highest BCUT2D eigenvalue weighted by atomic mass is 79.9. The Bertz CT molecular complexity index is 135. The number of hydrogen-bond donors (Lipinski definition) is 1. The first-order valence-electron chi connectivity index (χ1n) is 4.97. The van der Waals surface area contributed by atoms with E-state index in [0.29, 0.717) is 6.10 Å². The summed E-state index contributed by atoms with van der Waals surface area (Å²) in [6.07, 6.45) is 0.382. The third-order valence-corrected chi connectivity index (χ3v) is 2.71. The fourth-order valence-electron chi connectivity index (χ4n) is 1.52. The quantitative estimate of drug-likeness (QED) is 0.575. The topological polar surface area (TPSA) is 24.5 Å². The van der Waals surface area contributed by atoms with Gasteiger partial charge in [-0.05, 0) is 6.54 Å². The molecule has 0 amide bonds. The van der Waals surface area contributed by atoms with Crippen molar-refractivity contribution < 1.29 is 4.74 Å². The molecule has 0 aromatic carbocycles. The van der Waals surface area contributed by atoms with Crippen molar-refractivity contribution in [2.75, 3.05) is 44.7 Å². The largest absolute Gasteiger partial charge is 0.374 e. The van der Waals surface area contributed by atoms with Crippen molar-refractivity contribution >= 4 is 15.9 Å². The first-order chi connectivity index (χ1) is 6.36. The Kier molecular flexibility index (Phi) is 5.95. The van der Waals surface area contributed by atoms with Gasteiger partial charge in [-0.1, -0.05) is 22.9 Å². The molecule has 0 bridgehead atoms. The predicted octanol–water partition coefficient (Wildman–Crippen LogP) is 0.692. The highest BCUT2D eigenvalue weighted by molar-refractivity contribution is 9.09. The van der Waals surface area contributed by atoms with Gasteiger partial charge in [0.2, 0.25) is 0 Å². The lowest BCUT2D eigenvalue weighted by Gasteiger charge is -2.32. The lowest BCUT2D eigenvalue weighted by atomic mass is 10.2. The van der Waals surface area contributed by atoms with Crippen LogP contribution in [-0.4, -0.2) is 55.7 Å². The van der Waals surface area contributed by atoms with Crippen molar-refractivity contribution in [3.8, 4) is 0 Å². The van der Waals surface area contributed by atoms with Gasteiger partial charge in [-0.15, -0.1) is 0 Å². The van der Waals surface area contributed by atoms with Crippen molar-refractivity contribution in [3.05, 3.63) is 0 Å². The summed E-state index contributed by atoms with van der Waals surface area (Å²) >= 11 is 3.39. The third-order valence-electron chi connectivity index (χ3n) is 2.31. The molecule has 1 fully saturated rings. The second-order valence-electron chi connectivity index (χ2n) is 3.28. The average molecular weight is 251 g/mol. The summed E-state index contributed by atoms with van der Waals surface area (Å²) in [5, 5.41) is 4.36. The van der Waals surface area contributed by atoms with Gasteiger partial charge in [0, 0.05) is 31.5 Å². The number of halogens is 1. The van der Waals surface area contributed by atoms with Crippen molar-refractivity contribution in [1.29, 1.82) is 0 Å². The van der Waals surface area contributed by atoms with Gasteiger partial charge in [0.15, 0.2) is 0 Å². The zero-order valence-corrected chi connectivity index (χ0v) is 9.85. The molecule has 3 nitrogen and oxygen atoms in total. The van der Waals surface area contributed by atoms with Crippen molar-refractivity contribution in [2.24, 2.45) is 0 Å². The highest BCUT2D eigenvalue weighted by Gasteiger charge is 2.18. The van der Waals surface area contributed by atoms with Crippen LogP contribution in [-0.2, 0) is 4.74 Å². The van der Waals surface area contributed by atoms with Crippen LogP contribution in [0.2, 0.25) is 0 Å². The number of ether oxygens (including phenoxy) is 1. The normalized spacial score (nSPS) is 24.9. The maximum atomic E-state index is 5.64. The summed E-state index contributed by atoms with van der Waals surface area (Å²) in [5.41, 5.74) is 0. The molecule has 1 unspecified atom stereocenters. The van der Waals surface area contributed by atoms with Crippen molar-refractivity contribution in [3.63, 3.8) is 0 Å². The third kappa shape index (κ3) is 4.40. The zero-order valence-electron chi connectivity index (χ0n) is 8.26. The molecule has 78 valence electrons. The van der Waals surface area contributed by atoms with E-state index < -0.39 is 0 Å². The molecule has 0 aliphatic carbocycles. The van der Waals surface area contributed by atoms with Crippen LogP contribution in [0.4, 0.5) is 0 Å². The van der Waals surface area contributed by atoms with Gasteiger partial charge in [-0.2, -0.15) is 0 Å². The molecule has 1 aliphatic rings. The highest BCUT2D eigenvalue weighted by Crippen LogP contribution is 2.03. The van der Waals surface area contributed by atoms with Crippen LogP contribution >= 0.6 is 15.9 Å². The van der Waals surface area contributed by atoms with E-state index in [4.69, 9.17) is 4.74 Å². The summed E-state index contributed by atoms with van der Waals surface area (Å²) in [6.45, 7) is 8.38. The predicted molar refractivity (Wildman–Crippen MR) is 58.5 cm³/mol. The molecule has 0 saturated carbocycles. The van der Waals surface area contributed by atoms with Crippen molar-refractivity contribution in [2.45, 2.75) is 13.0 Å². The lowest BCUT2D eigenvalue weighted by Crippen LogP contribution is -2.46. The Morgan fingerprint density at radius 1 is 1.62 bits per heavy atom. The Morgan fingerprint density at radius 3 is 3.15 bits per heavy atom. The van der Waals surface area contributed by atoms with Gasteiger partial charge in [-0.25, -0.2) is 0 Å². The van der Waals surface area contributed by atoms with Crippen LogP contribution in [0.5, 0.6) is 0 Å². The van der Waals surface area contributed by atoms with Crippen LogP contribution in [0, 0.1) is 0 Å². The second-order valence-corrected chi connectivity index (χ2v) is 4.07. The summed E-state index contributed by atoms with van der Waals surface area (Å²) in [7, 11) is 0. The fourth-order valence-corrected chi connectivity index (χ4v) is 1.80. The molecule has 1 aliphatic heterocycles. The summed E-state index contributed by atoms with van der Waals surface area (Å²) in [5.74, 6) is 0. The van der Waals surface area contributed by atoms with Gasteiger partial charge >= 0.3 is 0 Å². The molecule has 0 aromatic heterocycles. The molecule has 0 aromatic rings. The maximum absolute atomic E-state index is 5.64. The molecule has 0 spiro atoms. The Morgan fingerprint density at radius 2 is 2.46 bits per heavy atom. The molecular formula is C9H19BrN2O. The smallest absolute Gasteiger partial charge is 0.0826 e. The Labute approximate surface area is 88.9 Å². The lowest BCUT2D eigenvalue weighted by molar-refractivity contribution is -0.0249. The van der Waals surface area contributed by atoms with E-state index in [9.17, 15) is 0 Å². The molecule has 1 heterocycles. The number of nitrogens with one attached hydrogen (secondary N) is 1. The van der Waals surface area contributed by atoms with Gasteiger partial charge in [0.25, 0.3) is 0 Å². The fraction of sp³-hybridized carbons (Fsp3) is 1.00. The van der Waals surface area contributed by atoms with Crippen LogP contribution in [0.3, 0.4) is 0 Å². The Hall–Kier alpha value is 0.360. The minimum atomic E-state index is 0.382. The van der Waals surface area contributed by atoms with Gasteiger partial charge in [0.1, 0.15) is 0 Å². The van der Waals surface area contributed by atoms with Crippen LogP contribution in [0.25, 0.3) is 0 Å². The minimum Gasteiger partial charge on any atom is -0.374 e. The first kappa shape index (κ1) is 11.4. The molecular weight excluding hydrogens is 232 g/mol. The number of hydrogen-bond acceptors (Lipinski definition) is 3. The molecule has 1 rings (SSSR count). The molecule has 1 saturated heterocycles. The second kappa shape index (κ2) is 6.76. The SMILES string of the molecule is CCN1CCOC(CNCCBr)C1. The molecule has 4 heteroatoms. The molecule has 0 radical (unpaired) electrons. The van der Waals surface area contributed by atoms with Gasteiger partial charge < -0.3 is 10.1 Å². The van der Waals surface area contributed by atoms with E-state index in [1.165, 1.54) is 0 Å². The van der Waals surface area contributed by atoms with Crippen molar-refractivity contribution in [1.82, 2.24) is 10.2 Å². The van der Waals surface area contributed by atoms with E-state index >= 15 is 0 Å². The summed E-state index contributed by atoms with van der Waals surface area (Å²) in [4.78, 5) is 2.43. The maximum Gasteiger partial charge on any atom is 0.0826 e. The number of likely N-dealkylation sites (N-methyl/N-ethyl adjacent to an activating group) is 1. The van der Waals surface area contributed by atoms with Crippen LogP contribution in [0.15, 0.2) is 0 Å². The average Bonchev–Trinajstić information content (AvgIpc) is 2.19. The van der Waals surface area contributed by atoms with E-state index in [0.717, 1.165) is 44.7 Å². The van der Waals surface area contributed by atoms with Crippen LogP contribution < -0.4 is 5.32 Å². The number of nitrogens with zero attached hydrogens (tertiary/aromatic N) is 1. The number of rotatable bonds is 5. The van der Waals surface area contributed by atoms with Gasteiger partial charge in [0.05, 0.1) is 12.7 Å². The standard InChI is InChI=1S/C9H19BrN2O/c1-2-12-5-6-13-9(8-12)7-11-4-3-10/h9,11H,2-8H2,1H3. The van der Waals surface area contributed by atoms with E-state index in [1.54, 1.807) is 0 Å². The van der Waals surface area contributed by atoms with E-state index in [1.807, 2.05) is 0 Å². The summed E-state index contributed by atoms with van der Waals surface area (Å²) in [6, 6.07) is 0. The molecule has 13 heavy (non-hydrogen) atoms. The molecule has 1 atom stereocenters. The number of alkyl halides is 1.